The molecule has 0 aromatic heterocycles. The fourth-order valence-electron chi connectivity index (χ4n) is 0.0833. The molecule has 0 amide bonds. The van der Waals surface area contributed by atoms with Gasteiger partial charge in [0.15, 0.2) is 5.67 Å². The average molecular weight is 148 g/mol. The number of halogens is 1. The zero-order chi connectivity index (χ0) is 7.65. The molecule has 11 heavy (non-hydrogen) atoms. The van der Waals surface area contributed by atoms with Crippen LogP contribution in [-0.4, -0.2) is 17.6 Å². The summed E-state index contributed by atoms with van der Waals surface area (Å²) in [6.07, 6.45) is 0. The van der Waals surface area contributed by atoms with Crippen LogP contribution in [0.2, 0.25) is 0 Å². The van der Waals surface area contributed by atoms with Crippen molar-refractivity contribution in [2.75, 3.05) is 0 Å². The summed E-state index contributed by atoms with van der Waals surface area (Å²) in [7, 11) is 0. The van der Waals surface area contributed by atoms with E-state index >= 15 is 0 Å². The first-order valence-corrected chi connectivity index (χ1v) is 2.01. The summed E-state index contributed by atoms with van der Waals surface area (Å²) in [6, 6.07) is 0. The summed E-state index contributed by atoms with van der Waals surface area (Å²) in [6.45, 7) is 0.345. The van der Waals surface area contributed by atoms with Crippen molar-refractivity contribution >= 4 is 11.9 Å². The molecule has 0 heterocycles. The second-order valence-electron chi connectivity index (χ2n) is 1.58. The van der Waals surface area contributed by atoms with Gasteiger partial charge in [-0.25, -0.2) is 4.39 Å². The molecule has 7 heteroatoms. The molecule has 0 aliphatic rings. The van der Waals surface area contributed by atoms with Crippen LogP contribution in [0.25, 0.3) is 0 Å². The maximum atomic E-state index is 12.0. The number of carbonyl (C=O) groups is 2. The summed E-state index contributed by atoms with van der Waals surface area (Å²) in [5, 5.41) is 19.1. The van der Waals surface area contributed by atoms with Gasteiger partial charge in [0.25, 0.3) is 0 Å². The van der Waals surface area contributed by atoms with Gasteiger partial charge in [0.2, 0.25) is 0 Å². The molecule has 0 N–H and O–H groups in total. The normalized spacial score (nSPS) is 8.91. The van der Waals surface area contributed by atoms with E-state index in [-0.39, 0.29) is 37.7 Å². The Balaban J connectivity index is -0.000000320. The number of hydrogen-bond acceptors (Lipinski definition) is 4. The zero-order valence-corrected chi connectivity index (χ0v) is 6.51. The van der Waals surface area contributed by atoms with Crippen LogP contribution in [0.1, 0.15) is 6.92 Å². The third-order valence-corrected chi connectivity index (χ3v) is 0.767. The third-order valence-electron chi connectivity index (χ3n) is 0.767. The summed E-state index contributed by atoms with van der Waals surface area (Å²) in [5.74, 6) is -4.61. The molecule has 0 rings (SSSR count). The molecule has 0 atom stereocenters. The second-order valence-corrected chi connectivity index (χ2v) is 1.58. The summed E-state index contributed by atoms with van der Waals surface area (Å²) < 4.78 is 12.0. The maximum Gasteiger partial charge on any atom is 1.00 e. The van der Waals surface area contributed by atoms with Crippen molar-refractivity contribution in [3.8, 4) is 0 Å². The van der Waals surface area contributed by atoms with Gasteiger partial charge in [-0.2, -0.15) is 0 Å². The predicted molar refractivity (Wildman–Crippen MR) is 19.5 cm³/mol. The molecule has 0 aromatic carbocycles. The van der Waals surface area contributed by atoms with Crippen molar-refractivity contribution in [1.82, 2.24) is 0 Å². The summed E-state index contributed by atoms with van der Waals surface area (Å²) in [5.41, 5.74) is -3.39. The Morgan fingerprint density at radius 2 is 1.36 bits per heavy atom. The van der Waals surface area contributed by atoms with Crippen molar-refractivity contribution in [3.63, 3.8) is 0 Å². The number of hydrogen-bond donors (Lipinski definition) is 0. The number of alkyl halides is 1. The van der Waals surface area contributed by atoms with Crippen molar-refractivity contribution in [1.29, 1.82) is 0 Å². The van der Waals surface area contributed by atoms with Gasteiger partial charge in [0.1, 0.15) is 0 Å². The monoisotopic (exact) mass is 148 g/mol. The molecule has 4 nitrogen and oxygen atoms in total. The largest absolute Gasteiger partial charge is 1.00 e. The minimum Gasteiger partial charge on any atom is -0.546 e. The standard InChI is InChI=1S/C4H5FO4.2Li/c1-4(5,2(6)7)3(8)9;;/h1H3,(H,6,7)(H,8,9);;/q;2*+1/p-2. The Hall–Kier alpha value is 0.0648. The van der Waals surface area contributed by atoms with Crippen molar-refractivity contribution < 1.29 is 61.9 Å². The predicted octanol–water partition coefficient (Wildman–Crippen LogP) is -8.78. The molecular formula is C4H3FLi2O4. The van der Waals surface area contributed by atoms with Crippen LogP contribution in [0.5, 0.6) is 0 Å². The first kappa shape index (κ1) is 17.2. The number of rotatable bonds is 2. The van der Waals surface area contributed by atoms with E-state index in [0.717, 1.165) is 0 Å². The minimum atomic E-state index is -3.39. The number of carboxylic acids is 2. The molecule has 0 saturated carbocycles. The summed E-state index contributed by atoms with van der Waals surface area (Å²) >= 11 is 0. The van der Waals surface area contributed by atoms with Crippen LogP contribution in [-0.2, 0) is 9.59 Å². The van der Waals surface area contributed by atoms with Crippen LogP contribution in [0.15, 0.2) is 0 Å². The van der Waals surface area contributed by atoms with E-state index < -0.39 is 17.6 Å². The fourth-order valence-corrected chi connectivity index (χ4v) is 0.0833. The van der Waals surface area contributed by atoms with Gasteiger partial charge in [0.05, 0.1) is 11.9 Å². The Bertz CT molecular complexity index is 142. The molecular weight excluding hydrogens is 145 g/mol. The Morgan fingerprint density at radius 3 is 1.36 bits per heavy atom. The Morgan fingerprint density at radius 1 is 1.18 bits per heavy atom. The van der Waals surface area contributed by atoms with Crippen LogP contribution in [0.4, 0.5) is 4.39 Å². The number of carbonyl (C=O) groups excluding carboxylic acids is 2. The van der Waals surface area contributed by atoms with E-state index in [1.54, 1.807) is 0 Å². The van der Waals surface area contributed by atoms with Gasteiger partial charge in [-0.3, -0.25) is 0 Å². The van der Waals surface area contributed by atoms with Gasteiger partial charge >= 0.3 is 37.7 Å². The molecule has 0 aliphatic carbocycles. The van der Waals surface area contributed by atoms with Crippen LogP contribution in [0.3, 0.4) is 0 Å². The van der Waals surface area contributed by atoms with Gasteiger partial charge in [0, 0.05) is 0 Å². The van der Waals surface area contributed by atoms with Crippen molar-refractivity contribution in [2.45, 2.75) is 12.6 Å². The van der Waals surface area contributed by atoms with Crippen molar-refractivity contribution in [3.05, 3.63) is 0 Å². The first-order valence-electron chi connectivity index (χ1n) is 2.01. The van der Waals surface area contributed by atoms with Gasteiger partial charge < -0.3 is 19.8 Å². The fraction of sp³-hybridized carbons (Fsp3) is 0.500. The molecule has 0 aliphatic heterocycles. The topological polar surface area (TPSA) is 80.3 Å². The SMILES string of the molecule is CC(F)(C(=O)[O-])C(=O)[O-].[Li+].[Li+]. The molecule has 0 spiro atoms. The molecule has 0 fully saturated rings. The van der Waals surface area contributed by atoms with Gasteiger partial charge in [-0.1, -0.05) is 0 Å². The summed E-state index contributed by atoms with van der Waals surface area (Å²) in [4.78, 5) is 19.1. The minimum absolute atomic E-state index is 0. The maximum absolute atomic E-state index is 12.0. The second kappa shape index (κ2) is 5.68. The smallest absolute Gasteiger partial charge is 0.546 e. The van der Waals surface area contributed by atoms with Crippen LogP contribution < -0.4 is 47.9 Å². The van der Waals surface area contributed by atoms with Crippen molar-refractivity contribution in [2.24, 2.45) is 0 Å². The van der Waals surface area contributed by atoms with Gasteiger partial charge in [-0.15, -0.1) is 0 Å². The van der Waals surface area contributed by atoms with Crippen LogP contribution in [0, 0.1) is 0 Å². The van der Waals surface area contributed by atoms with E-state index in [1.165, 1.54) is 0 Å². The Labute approximate surface area is 86.5 Å². The average Bonchev–Trinajstić information content (AvgIpc) is 1.65. The van der Waals surface area contributed by atoms with E-state index in [4.69, 9.17) is 0 Å². The Kier molecular flexibility index (Phi) is 8.90. The zero-order valence-electron chi connectivity index (χ0n) is 6.51. The van der Waals surface area contributed by atoms with Crippen LogP contribution >= 0.6 is 0 Å². The molecule has 0 saturated heterocycles. The van der Waals surface area contributed by atoms with Gasteiger partial charge in [-0.05, 0) is 6.92 Å². The quantitative estimate of drug-likeness (QED) is 0.287. The van der Waals surface area contributed by atoms with E-state index in [2.05, 4.69) is 0 Å². The molecule has 0 aromatic rings. The molecule has 0 unspecified atom stereocenters. The number of carboxylic acid groups (broad SMARTS) is 2. The van der Waals surface area contributed by atoms with E-state index in [9.17, 15) is 24.2 Å². The molecule has 52 valence electrons. The van der Waals surface area contributed by atoms with E-state index in [1.807, 2.05) is 0 Å². The molecule has 0 radical (unpaired) electrons. The third kappa shape index (κ3) is 4.50. The van der Waals surface area contributed by atoms with E-state index in [0.29, 0.717) is 6.92 Å². The molecule has 0 bridgehead atoms. The first-order chi connectivity index (χ1) is 3.89. The number of aliphatic carboxylic acids is 2.